The lowest BCUT2D eigenvalue weighted by molar-refractivity contribution is 0.269. The van der Waals surface area contributed by atoms with Gasteiger partial charge in [0.2, 0.25) is 0 Å². The van der Waals surface area contributed by atoms with Gasteiger partial charge in [0.15, 0.2) is 0 Å². The molecule has 2 rings (SSSR count). The fraction of sp³-hybridized carbons (Fsp3) is 0.182. The quantitative estimate of drug-likeness (QED) is 0.829. The van der Waals surface area contributed by atoms with E-state index >= 15 is 0 Å². The van der Waals surface area contributed by atoms with E-state index in [1.165, 1.54) is 6.07 Å². The van der Waals surface area contributed by atoms with E-state index in [-0.39, 0.29) is 12.4 Å². The van der Waals surface area contributed by atoms with Crippen molar-refractivity contribution in [2.45, 2.75) is 6.54 Å². The summed E-state index contributed by atoms with van der Waals surface area (Å²) in [5.74, 6) is -0.263. The van der Waals surface area contributed by atoms with Crippen LogP contribution in [0.15, 0.2) is 36.7 Å². The van der Waals surface area contributed by atoms with Gasteiger partial charge in [-0.2, -0.15) is 5.10 Å². The molecular weight excluding hydrogens is 195 g/mol. The Balaban J connectivity index is 2.33. The highest BCUT2D eigenvalue weighted by Gasteiger charge is 2.05. The maximum atomic E-state index is 13.4. The number of aliphatic hydroxyl groups is 1. The minimum atomic E-state index is -0.263. The van der Waals surface area contributed by atoms with Crippen LogP contribution in [0, 0.1) is 5.82 Å². The van der Waals surface area contributed by atoms with E-state index in [1.54, 1.807) is 35.3 Å². The van der Waals surface area contributed by atoms with Gasteiger partial charge in [0.25, 0.3) is 0 Å². The molecule has 0 saturated carbocycles. The van der Waals surface area contributed by atoms with Crippen molar-refractivity contribution in [3.63, 3.8) is 0 Å². The third-order valence-corrected chi connectivity index (χ3v) is 2.15. The van der Waals surface area contributed by atoms with Gasteiger partial charge in [-0.1, -0.05) is 18.2 Å². The predicted octanol–water partition coefficient (Wildman–Crippen LogP) is 1.68. The number of aromatic nitrogens is 2. The van der Waals surface area contributed by atoms with Gasteiger partial charge in [0.1, 0.15) is 5.82 Å². The van der Waals surface area contributed by atoms with E-state index in [1.807, 2.05) is 0 Å². The molecule has 1 aromatic carbocycles. The summed E-state index contributed by atoms with van der Waals surface area (Å²) in [5, 5.41) is 12.7. The van der Waals surface area contributed by atoms with Crippen molar-refractivity contribution in [1.82, 2.24) is 9.78 Å². The van der Waals surface area contributed by atoms with Crippen molar-refractivity contribution in [2.75, 3.05) is 6.61 Å². The number of benzene rings is 1. The zero-order valence-electron chi connectivity index (χ0n) is 8.10. The van der Waals surface area contributed by atoms with E-state index in [2.05, 4.69) is 5.10 Å². The average molecular weight is 206 g/mol. The van der Waals surface area contributed by atoms with E-state index < -0.39 is 0 Å². The highest BCUT2D eigenvalue weighted by Crippen LogP contribution is 2.21. The van der Waals surface area contributed by atoms with Crippen molar-refractivity contribution in [3.8, 4) is 11.1 Å². The van der Waals surface area contributed by atoms with Crippen LogP contribution in [0.4, 0.5) is 4.39 Å². The molecule has 0 radical (unpaired) electrons. The third-order valence-electron chi connectivity index (χ3n) is 2.15. The summed E-state index contributed by atoms with van der Waals surface area (Å²) in [4.78, 5) is 0. The number of hydrogen-bond acceptors (Lipinski definition) is 2. The van der Waals surface area contributed by atoms with Gasteiger partial charge >= 0.3 is 0 Å². The molecule has 0 aliphatic heterocycles. The zero-order valence-corrected chi connectivity index (χ0v) is 8.10. The molecule has 0 amide bonds. The summed E-state index contributed by atoms with van der Waals surface area (Å²) < 4.78 is 15.0. The van der Waals surface area contributed by atoms with Crippen molar-refractivity contribution < 1.29 is 9.50 Å². The first-order valence-electron chi connectivity index (χ1n) is 4.69. The van der Waals surface area contributed by atoms with Gasteiger partial charge in [0.05, 0.1) is 19.3 Å². The van der Waals surface area contributed by atoms with Crippen molar-refractivity contribution in [3.05, 3.63) is 42.5 Å². The maximum Gasteiger partial charge on any atom is 0.131 e. The maximum absolute atomic E-state index is 13.4. The highest BCUT2D eigenvalue weighted by molar-refractivity contribution is 5.62. The summed E-state index contributed by atoms with van der Waals surface area (Å²) in [6.45, 7) is 0.451. The van der Waals surface area contributed by atoms with Gasteiger partial charge in [0, 0.05) is 17.3 Å². The molecule has 1 N–H and O–H groups in total. The molecule has 0 unspecified atom stereocenters. The molecule has 1 heterocycles. The second-order valence-corrected chi connectivity index (χ2v) is 3.20. The van der Waals surface area contributed by atoms with Crippen LogP contribution < -0.4 is 0 Å². The number of aliphatic hydroxyl groups excluding tert-OH is 1. The number of rotatable bonds is 3. The molecule has 0 fully saturated rings. The Bertz CT molecular complexity index is 453. The molecule has 0 spiro atoms. The summed E-state index contributed by atoms with van der Waals surface area (Å²) in [5.41, 5.74) is 1.25. The first-order chi connectivity index (χ1) is 7.31. The van der Waals surface area contributed by atoms with Gasteiger partial charge in [-0.15, -0.1) is 0 Å². The normalized spacial score (nSPS) is 10.5. The Hall–Kier alpha value is -1.68. The average Bonchev–Trinajstić information content (AvgIpc) is 2.68. The lowest BCUT2D eigenvalue weighted by Gasteiger charge is -1.98. The molecule has 2 aromatic rings. The molecular formula is C11H11FN2O. The Kier molecular flexibility index (Phi) is 2.78. The van der Waals surface area contributed by atoms with E-state index in [9.17, 15) is 4.39 Å². The van der Waals surface area contributed by atoms with E-state index in [0.717, 1.165) is 5.56 Å². The Morgan fingerprint density at radius 3 is 2.87 bits per heavy atom. The van der Waals surface area contributed by atoms with Crippen molar-refractivity contribution in [2.24, 2.45) is 0 Å². The smallest absolute Gasteiger partial charge is 0.131 e. The van der Waals surface area contributed by atoms with E-state index in [0.29, 0.717) is 12.1 Å². The minimum absolute atomic E-state index is 0.0262. The highest BCUT2D eigenvalue weighted by atomic mass is 19.1. The number of nitrogens with zero attached hydrogens (tertiary/aromatic N) is 2. The summed E-state index contributed by atoms with van der Waals surface area (Å²) in [6.07, 6.45) is 3.31. The molecule has 0 bridgehead atoms. The molecule has 4 heteroatoms. The topological polar surface area (TPSA) is 38.0 Å². The molecule has 78 valence electrons. The van der Waals surface area contributed by atoms with Gasteiger partial charge in [-0.25, -0.2) is 4.39 Å². The second kappa shape index (κ2) is 4.23. The fourth-order valence-electron chi connectivity index (χ4n) is 1.42. The van der Waals surface area contributed by atoms with Crippen molar-refractivity contribution in [1.29, 1.82) is 0 Å². The molecule has 3 nitrogen and oxygen atoms in total. The lowest BCUT2D eigenvalue weighted by Crippen LogP contribution is -2.01. The first-order valence-corrected chi connectivity index (χ1v) is 4.69. The second-order valence-electron chi connectivity index (χ2n) is 3.20. The van der Waals surface area contributed by atoms with Crippen LogP contribution in [0.2, 0.25) is 0 Å². The summed E-state index contributed by atoms with van der Waals surface area (Å²) >= 11 is 0. The first kappa shape index (κ1) is 9.86. The molecule has 0 atom stereocenters. The van der Waals surface area contributed by atoms with Gasteiger partial charge in [-0.3, -0.25) is 4.68 Å². The molecule has 0 saturated heterocycles. The molecule has 1 aromatic heterocycles. The number of hydrogen-bond donors (Lipinski definition) is 1. The van der Waals surface area contributed by atoms with Crippen LogP contribution in [-0.4, -0.2) is 21.5 Å². The fourth-order valence-corrected chi connectivity index (χ4v) is 1.42. The molecule has 15 heavy (non-hydrogen) atoms. The van der Waals surface area contributed by atoms with Crippen LogP contribution in [-0.2, 0) is 6.54 Å². The van der Waals surface area contributed by atoms with Gasteiger partial charge < -0.3 is 5.11 Å². The minimum Gasteiger partial charge on any atom is -0.394 e. The van der Waals surface area contributed by atoms with Crippen molar-refractivity contribution >= 4 is 0 Å². The monoisotopic (exact) mass is 206 g/mol. The van der Waals surface area contributed by atoms with Crippen LogP contribution in [0.25, 0.3) is 11.1 Å². The Morgan fingerprint density at radius 2 is 2.13 bits per heavy atom. The predicted molar refractivity (Wildman–Crippen MR) is 54.7 cm³/mol. The van der Waals surface area contributed by atoms with Crippen LogP contribution in [0.3, 0.4) is 0 Å². The molecule has 0 aliphatic rings. The third kappa shape index (κ3) is 2.05. The van der Waals surface area contributed by atoms with Crippen LogP contribution >= 0.6 is 0 Å². The Labute approximate surface area is 86.8 Å². The SMILES string of the molecule is OCCn1cc(-c2ccccc2F)cn1. The molecule has 0 aliphatic carbocycles. The van der Waals surface area contributed by atoms with Gasteiger partial charge in [-0.05, 0) is 6.07 Å². The largest absolute Gasteiger partial charge is 0.394 e. The van der Waals surface area contributed by atoms with E-state index in [4.69, 9.17) is 5.11 Å². The van der Waals surface area contributed by atoms with Crippen LogP contribution in [0.1, 0.15) is 0 Å². The Morgan fingerprint density at radius 1 is 1.33 bits per heavy atom. The van der Waals surface area contributed by atoms with Crippen LogP contribution in [0.5, 0.6) is 0 Å². The lowest BCUT2D eigenvalue weighted by atomic mass is 10.1. The summed E-state index contributed by atoms with van der Waals surface area (Å²) in [7, 11) is 0. The number of halogens is 1. The zero-order chi connectivity index (χ0) is 10.7. The standard InChI is InChI=1S/C11H11FN2O/c12-11-4-2-1-3-10(11)9-7-13-14(8-9)5-6-15/h1-4,7-8,15H,5-6H2. The summed E-state index contributed by atoms with van der Waals surface area (Å²) in [6, 6.07) is 6.55.